The van der Waals surface area contributed by atoms with E-state index in [9.17, 15) is 9.59 Å². The third-order valence-electron chi connectivity index (χ3n) is 7.35. The molecule has 0 saturated heterocycles. The molecule has 2 amide bonds. The van der Waals surface area contributed by atoms with Crippen molar-refractivity contribution in [2.45, 2.75) is 57.9 Å². The van der Waals surface area contributed by atoms with Gasteiger partial charge in [0, 0.05) is 19.0 Å². The molecular formula is C28H34N2O3. The molecule has 1 atom stereocenters. The Bertz CT molecular complexity index is 1020. The van der Waals surface area contributed by atoms with Crippen LogP contribution in [0.15, 0.2) is 42.5 Å². The Morgan fingerprint density at radius 1 is 1.06 bits per heavy atom. The summed E-state index contributed by atoms with van der Waals surface area (Å²) < 4.78 is 5.87. The highest BCUT2D eigenvalue weighted by Gasteiger charge is 2.36. The molecule has 5 heteroatoms. The number of benzene rings is 2. The molecule has 1 N–H and O–H groups in total. The predicted molar refractivity (Wildman–Crippen MR) is 128 cm³/mol. The third-order valence-corrected chi connectivity index (χ3v) is 7.35. The van der Waals surface area contributed by atoms with E-state index < -0.39 is 0 Å². The quantitative estimate of drug-likeness (QED) is 0.678. The lowest BCUT2D eigenvalue weighted by atomic mass is 9.86. The summed E-state index contributed by atoms with van der Waals surface area (Å²) >= 11 is 0. The average molecular weight is 447 g/mol. The highest BCUT2D eigenvalue weighted by molar-refractivity contribution is 5.80. The number of fused-ring (bicyclic) bond motifs is 1. The van der Waals surface area contributed by atoms with Crippen molar-refractivity contribution in [2.75, 3.05) is 19.7 Å². The lowest BCUT2D eigenvalue weighted by Gasteiger charge is -2.39. The molecule has 3 aliphatic rings. The van der Waals surface area contributed by atoms with E-state index in [0.717, 1.165) is 56.3 Å². The second-order valence-corrected chi connectivity index (χ2v) is 9.98. The zero-order valence-corrected chi connectivity index (χ0v) is 19.5. The number of nitrogens with one attached hydrogen (secondary N) is 1. The monoisotopic (exact) mass is 446 g/mol. The van der Waals surface area contributed by atoms with Gasteiger partial charge in [-0.25, -0.2) is 0 Å². The fourth-order valence-corrected chi connectivity index (χ4v) is 5.31. The predicted octanol–water partition coefficient (Wildman–Crippen LogP) is 4.56. The minimum atomic E-state index is -0.117. The first-order valence-corrected chi connectivity index (χ1v) is 12.5. The number of nitrogens with zero attached hydrogens (tertiary/aromatic N) is 1. The molecule has 33 heavy (non-hydrogen) atoms. The van der Waals surface area contributed by atoms with E-state index in [2.05, 4.69) is 47.5 Å². The van der Waals surface area contributed by atoms with Gasteiger partial charge in [0.2, 0.25) is 5.91 Å². The Labute approximate surface area is 196 Å². The molecule has 5 nitrogen and oxygen atoms in total. The topological polar surface area (TPSA) is 58.6 Å². The largest absolute Gasteiger partial charge is 0.484 e. The van der Waals surface area contributed by atoms with E-state index in [1.54, 1.807) is 0 Å². The van der Waals surface area contributed by atoms with E-state index in [4.69, 9.17) is 4.74 Å². The van der Waals surface area contributed by atoms with E-state index >= 15 is 0 Å². The van der Waals surface area contributed by atoms with Crippen molar-refractivity contribution in [1.82, 2.24) is 10.2 Å². The van der Waals surface area contributed by atoms with Crippen LogP contribution >= 0.6 is 0 Å². The Balaban J connectivity index is 1.40. The number of hydrogen-bond donors (Lipinski definition) is 1. The van der Waals surface area contributed by atoms with Crippen molar-refractivity contribution >= 4 is 11.8 Å². The molecule has 1 heterocycles. The fourth-order valence-electron chi connectivity index (χ4n) is 5.31. The van der Waals surface area contributed by atoms with Crippen LogP contribution in [-0.2, 0) is 16.0 Å². The first-order valence-electron chi connectivity index (χ1n) is 12.5. The molecule has 174 valence electrons. The van der Waals surface area contributed by atoms with Gasteiger partial charge in [0.05, 0.1) is 6.04 Å². The van der Waals surface area contributed by atoms with Gasteiger partial charge in [0.15, 0.2) is 6.61 Å². The van der Waals surface area contributed by atoms with Crippen molar-refractivity contribution in [2.24, 2.45) is 11.8 Å². The highest BCUT2D eigenvalue weighted by atomic mass is 16.5. The molecule has 5 rings (SSSR count). The molecule has 0 radical (unpaired) electrons. The summed E-state index contributed by atoms with van der Waals surface area (Å²) in [5.74, 6) is 1.69. The number of ether oxygens (including phenoxy) is 1. The summed E-state index contributed by atoms with van der Waals surface area (Å²) in [6.07, 6.45) is 7.57. The molecule has 2 aliphatic carbocycles. The third kappa shape index (κ3) is 5.07. The van der Waals surface area contributed by atoms with Gasteiger partial charge in [-0.1, -0.05) is 48.7 Å². The average Bonchev–Trinajstić information content (AvgIpc) is 3.50. The molecule has 1 unspecified atom stereocenters. The van der Waals surface area contributed by atoms with Gasteiger partial charge in [-0.3, -0.25) is 9.59 Å². The van der Waals surface area contributed by atoms with Gasteiger partial charge in [0.25, 0.3) is 5.91 Å². The summed E-state index contributed by atoms with van der Waals surface area (Å²) in [7, 11) is 0. The lowest BCUT2D eigenvalue weighted by Crippen LogP contribution is -2.43. The molecular weight excluding hydrogens is 412 g/mol. The number of aryl methyl sites for hydroxylation is 1. The van der Waals surface area contributed by atoms with Gasteiger partial charge < -0.3 is 15.0 Å². The standard InChI is InChI=1S/C28H34N2O3/c1-19-5-4-8-23(15-19)27-25-16-24(33-18-26(31)29-17-20-9-10-20)12-11-21(25)13-14-30(27)28(32)22-6-2-3-7-22/h4-5,8,11-12,15-16,20,22,27H,2-3,6-7,9-10,13-14,17-18H2,1H3,(H,29,31). The van der Waals surface area contributed by atoms with Gasteiger partial charge >= 0.3 is 0 Å². The molecule has 0 bridgehead atoms. The maximum absolute atomic E-state index is 13.6. The minimum Gasteiger partial charge on any atom is -0.484 e. The van der Waals surface area contributed by atoms with Gasteiger partial charge in [-0.05, 0) is 73.8 Å². The summed E-state index contributed by atoms with van der Waals surface area (Å²) in [5.41, 5.74) is 4.70. The first kappa shape index (κ1) is 22.0. The Morgan fingerprint density at radius 2 is 1.88 bits per heavy atom. The molecule has 1 aliphatic heterocycles. The number of rotatable bonds is 7. The van der Waals surface area contributed by atoms with Crippen LogP contribution < -0.4 is 10.1 Å². The van der Waals surface area contributed by atoms with Gasteiger partial charge in [-0.2, -0.15) is 0 Å². The van der Waals surface area contributed by atoms with Crippen LogP contribution in [-0.4, -0.2) is 36.4 Å². The summed E-state index contributed by atoms with van der Waals surface area (Å²) in [4.78, 5) is 27.8. The van der Waals surface area contributed by atoms with Crippen LogP contribution in [0.5, 0.6) is 5.75 Å². The molecule has 0 spiro atoms. The number of hydrogen-bond acceptors (Lipinski definition) is 3. The molecule has 2 aromatic carbocycles. The maximum atomic E-state index is 13.6. The SMILES string of the molecule is Cc1cccc(C2c3cc(OCC(=O)NCC4CC4)ccc3CCN2C(=O)C2CCCC2)c1. The fraction of sp³-hybridized carbons (Fsp3) is 0.500. The number of carbonyl (C=O) groups is 2. The number of amides is 2. The number of carbonyl (C=O) groups excluding carboxylic acids is 2. The summed E-state index contributed by atoms with van der Waals surface area (Å²) in [6.45, 7) is 3.60. The summed E-state index contributed by atoms with van der Waals surface area (Å²) in [6, 6.07) is 14.5. The lowest BCUT2D eigenvalue weighted by molar-refractivity contribution is -0.137. The van der Waals surface area contributed by atoms with Gasteiger partial charge in [-0.15, -0.1) is 0 Å². The maximum Gasteiger partial charge on any atom is 0.257 e. The van der Waals surface area contributed by atoms with Crippen LogP contribution in [0, 0.1) is 18.8 Å². The second-order valence-electron chi connectivity index (χ2n) is 9.98. The zero-order chi connectivity index (χ0) is 22.8. The van der Waals surface area contributed by atoms with Gasteiger partial charge in [0.1, 0.15) is 5.75 Å². The van der Waals surface area contributed by atoms with Crippen molar-refractivity contribution < 1.29 is 14.3 Å². The van der Waals surface area contributed by atoms with Crippen molar-refractivity contribution in [1.29, 1.82) is 0 Å². The van der Waals surface area contributed by atoms with Crippen molar-refractivity contribution in [3.63, 3.8) is 0 Å². The minimum absolute atomic E-state index is 0.0192. The van der Waals surface area contributed by atoms with E-state index in [0.29, 0.717) is 11.7 Å². The van der Waals surface area contributed by atoms with Crippen molar-refractivity contribution in [3.8, 4) is 5.75 Å². The normalized spacial score (nSPS) is 20.4. The first-order chi connectivity index (χ1) is 16.1. The van der Waals surface area contributed by atoms with E-state index in [1.807, 2.05) is 12.1 Å². The highest BCUT2D eigenvalue weighted by Crippen LogP contribution is 2.40. The van der Waals surface area contributed by atoms with E-state index in [1.165, 1.54) is 24.0 Å². The van der Waals surface area contributed by atoms with Crippen LogP contribution in [0.4, 0.5) is 0 Å². The van der Waals surface area contributed by atoms with Crippen LogP contribution in [0.1, 0.15) is 66.8 Å². The van der Waals surface area contributed by atoms with E-state index in [-0.39, 0.29) is 30.4 Å². The Kier molecular flexibility index (Phi) is 6.39. The molecule has 2 saturated carbocycles. The summed E-state index contributed by atoms with van der Waals surface area (Å²) in [5, 5.41) is 2.95. The van der Waals surface area contributed by atoms with Crippen molar-refractivity contribution in [3.05, 3.63) is 64.7 Å². The molecule has 2 fully saturated rings. The Morgan fingerprint density at radius 3 is 2.64 bits per heavy atom. The zero-order valence-electron chi connectivity index (χ0n) is 19.5. The second kappa shape index (κ2) is 9.58. The Hall–Kier alpha value is -2.82. The van der Waals surface area contributed by atoms with Crippen LogP contribution in [0.2, 0.25) is 0 Å². The molecule has 0 aromatic heterocycles. The smallest absolute Gasteiger partial charge is 0.257 e. The van der Waals surface area contributed by atoms with Crippen LogP contribution in [0.25, 0.3) is 0 Å². The van der Waals surface area contributed by atoms with Crippen LogP contribution in [0.3, 0.4) is 0 Å². The molecule has 2 aromatic rings.